The molecule has 7 heteroatoms. The van der Waals surface area contributed by atoms with Gasteiger partial charge in [0, 0.05) is 43.8 Å². The number of anilines is 1. The third-order valence-corrected chi connectivity index (χ3v) is 8.01. The summed E-state index contributed by atoms with van der Waals surface area (Å²) in [5.74, 6) is 0. The summed E-state index contributed by atoms with van der Waals surface area (Å²) in [4.78, 5) is 10.1. The highest BCUT2D eigenvalue weighted by molar-refractivity contribution is 7.91. The van der Waals surface area contributed by atoms with Gasteiger partial charge < -0.3 is 4.90 Å². The van der Waals surface area contributed by atoms with Crippen LogP contribution >= 0.6 is 12.4 Å². The van der Waals surface area contributed by atoms with Crippen LogP contribution in [0.1, 0.15) is 19.3 Å². The standard InChI is InChI=1S/C23H25N3O2S.ClH/c27-29(28,20-9-2-1-3-10-20)21-16-18-6-4-11-22(23(18)24-17-21)26-14-12-25(13-15-26)19-7-5-8-19;/h1-4,6,9-11,16-17,19H,5,7-8,12-15H2;1H. The van der Waals surface area contributed by atoms with Crippen molar-refractivity contribution < 1.29 is 8.42 Å². The maximum atomic E-state index is 12.9. The molecule has 0 bridgehead atoms. The molecule has 1 saturated carbocycles. The van der Waals surface area contributed by atoms with E-state index in [9.17, 15) is 8.42 Å². The van der Waals surface area contributed by atoms with Crippen molar-refractivity contribution in [3.63, 3.8) is 0 Å². The molecule has 1 aliphatic carbocycles. The van der Waals surface area contributed by atoms with Gasteiger partial charge in [-0.2, -0.15) is 0 Å². The van der Waals surface area contributed by atoms with E-state index in [-0.39, 0.29) is 17.3 Å². The van der Waals surface area contributed by atoms with Crippen LogP contribution in [-0.2, 0) is 9.84 Å². The third kappa shape index (κ3) is 3.80. The lowest BCUT2D eigenvalue weighted by atomic mass is 9.91. The van der Waals surface area contributed by atoms with Gasteiger partial charge in [0.25, 0.3) is 0 Å². The number of halogens is 1. The normalized spacial score (nSPS) is 18.1. The van der Waals surface area contributed by atoms with E-state index >= 15 is 0 Å². The van der Waals surface area contributed by atoms with Gasteiger partial charge in [-0.15, -0.1) is 12.4 Å². The lowest BCUT2D eigenvalue weighted by Crippen LogP contribution is -2.52. The SMILES string of the molecule is Cl.O=S(=O)(c1ccccc1)c1cnc2c(N3CCN(C4CCC4)CC3)cccc2c1. The molecule has 2 aromatic carbocycles. The molecule has 0 atom stereocenters. The van der Waals surface area contributed by atoms with Gasteiger partial charge in [0.1, 0.15) is 0 Å². The molecule has 0 amide bonds. The zero-order chi connectivity index (χ0) is 19.8. The van der Waals surface area contributed by atoms with Crippen LogP contribution in [0.15, 0.2) is 70.6 Å². The van der Waals surface area contributed by atoms with E-state index < -0.39 is 9.84 Å². The Morgan fingerprint density at radius 2 is 1.60 bits per heavy atom. The van der Waals surface area contributed by atoms with Gasteiger partial charge in [0.05, 0.1) is 21.0 Å². The van der Waals surface area contributed by atoms with Gasteiger partial charge in [-0.1, -0.05) is 36.8 Å². The first-order chi connectivity index (χ1) is 14.1. The molecule has 1 saturated heterocycles. The number of nitrogens with zero attached hydrogens (tertiary/aromatic N) is 3. The van der Waals surface area contributed by atoms with Gasteiger partial charge in [-0.05, 0) is 37.1 Å². The van der Waals surface area contributed by atoms with Crippen molar-refractivity contribution in [1.29, 1.82) is 0 Å². The predicted molar refractivity (Wildman–Crippen MR) is 122 cm³/mol. The molecule has 3 aromatic rings. The minimum atomic E-state index is -3.56. The quantitative estimate of drug-likeness (QED) is 0.605. The Balaban J connectivity index is 0.00000218. The topological polar surface area (TPSA) is 53.5 Å². The van der Waals surface area contributed by atoms with Crippen molar-refractivity contribution >= 4 is 38.8 Å². The number of sulfone groups is 1. The third-order valence-electron chi connectivity index (χ3n) is 6.27. The Morgan fingerprint density at radius 1 is 0.867 bits per heavy atom. The van der Waals surface area contributed by atoms with Crippen molar-refractivity contribution in [1.82, 2.24) is 9.88 Å². The minimum absolute atomic E-state index is 0. The molecule has 1 aromatic heterocycles. The Labute approximate surface area is 184 Å². The Hall–Kier alpha value is -2.15. The zero-order valence-corrected chi connectivity index (χ0v) is 18.4. The second-order valence-electron chi connectivity index (χ2n) is 7.94. The van der Waals surface area contributed by atoms with Gasteiger partial charge in [-0.25, -0.2) is 8.42 Å². The molecule has 2 fully saturated rings. The summed E-state index contributed by atoms with van der Waals surface area (Å²) in [6.45, 7) is 4.14. The van der Waals surface area contributed by atoms with Gasteiger partial charge in [0.15, 0.2) is 0 Å². The van der Waals surface area contributed by atoms with E-state index in [1.54, 1.807) is 30.3 Å². The first-order valence-electron chi connectivity index (χ1n) is 10.3. The highest BCUT2D eigenvalue weighted by Crippen LogP contribution is 2.31. The van der Waals surface area contributed by atoms with E-state index in [0.29, 0.717) is 4.90 Å². The number of benzene rings is 2. The van der Waals surface area contributed by atoms with Crippen LogP contribution in [0, 0.1) is 0 Å². The van der Waals surface area contributed by atoms with Crippen LogP contribution in [0.4, 0.5) is 5.69 Å². The zero-order valence-electron chi connectivity index (χ0n) is 16.8. The summed E-state index contributed by atoms with van der Waals surface area (Å²) in [7, 11) is -3.56. The Bertz CT molecular complexity index is 1130. The minimum Gasteiger partial charge on any atom is -0.367 e. The molecular weight excluding hydrogens is 418 g/mol. The summed E-state index contributed by atoms with van der Waals surface area (Å²) in [6, 6.07) is 17.1. The molecule has 1 aliphatic heterocycles. The van der Waals surface area contributed by atoms with Crippen LogP contribution in [0.3, 0.4) is 0 Å². The summed E-state index contributed by atoms with van der Waals surface area (Å²) >= 11 is 0. The lowest BCUT2D eigenvalue weighted by molar-refractivity contribution is 0.120. The summed E-state index contributed by atoms with van der Waals surface area (Å²) in [5.41, 5.74) is 1.97. The molecular formula is C23H26ClN3O2S. The number of para-hydroxylation sites is 1. The Kier molecular flexibility index (Phi) is 6.00. The van der Waals surface area contributed by atoms with Crippen LogP contribution in [0.5, 0.6) is 0 Å². The number of hydrogen-bond donors (Lipinski definition) is 0. The maximum absolute atomic E-state index is 12.9. The van der Waals surface area contributed by atoms with Gasteiger partial charge >= 0.3 is 0 Å². The molecule has 2 aliphatic rings. The maximum Gasteiger partial charge on any atom is 0.208 e. The van der Waals surface area contributed by atoms with E-state index in [4.69, 9.17) is 0 Å². The van der Waals surface area contributed by atoms with Crippen molar-refractivity contribution in [3.8, 4) is 0 Å². The number of piperazine rings is 1. The molecule has 30 heavy (non-hydrogen) atoms. The summed E-state index contributed by atoms with van der Waals surface area (Å²) in [6.07, 6.45) is 5.55. The number of hydrogen-bond acceptors (Lipinski definition) is 5. The predicted octanol–water partition coefficient (Wildman–Crippen LogP) is 4.16. The first-order valence-corrected chi connectivity index (χ1v) is 11.8. The lowest BCUT2D eigenvalue weighted by Gasteiger charge is -2.43. The van der Waals surface area contributed by atoms with Crippen LogP contribution in [0.2, 0.25) is 0 Å². The van der Waals surface area contributed by atoms with Crippen molar-refractivity contribution in [2.45, 2.75) is 35.1 Å². The molecule has 0 unspecified atom stereocenters. The average Bonchev–Trinajstić information content (AvgIpc) is 2.73. The number of aromatic nitrogens is 1. The number of rotatable bonds is 4. The average molecular weight is 444 g/mol. The van der Waals surface area contributed by atoms with E-state index in [1.807, 2.05) is 18.2 Å². The smallest absolute Gasteiger partial charge is 0.208 e. The number of pyridine rings is 1. The Morgan fingerprint density at radius 3 is 2.27 bits per heavy atom. The highest BCUT2D eigenvalue weighted by atomic mass is 35.5. The van der Waals surface area contributed by atoms with Crippen LogP contribution in [0.25, 0.3) is 10.9 Å². The molecule has 5 nitrogen and oxygen atoms in total. The molecule has 0 radical (unpaired) electrons. The van der Waals surface area contributed by atoms with Crippen molar-refractivity contribution in [2.75, 3.05) is 31.1 Å². The summed E-state index contributed by atoms with van der Waals surface area (Å²) in [5, 5.41) is 0.862. The van der Waals surface area contributed by atoms with E-state index in [0.717, 1.165) is 48.8 Å². The van der Waals surface area contributed by atoms with Crippen LogP contribution in [-0.4, -0.2) is 50.5 Å². The van der Waals surface area contributed by atoms with Gasteiger partial charge in [-0.3, -0.25) is 9.88 Å². The second kappa shape index (κ2) is 8.53. The molecule has 158 valence electrons. The fourth-order valence-corrected chi connectivity index (χ4v) is 5.60. The molecule has 5 rings (SSSR count). The first kappa shape index (κ1) is 21.1. The molecule has 0 spiro atoms. The fraction of sp³-hybridized carbons (Fsp3) is 0.348. The summed E-state index contributed by atoms with van der Waals surface area (Å²) < 4.78 is 25.9. The second-order valence-corrected chi connectivity index (χ2v) is 9.89. The molecule has 0 N–H and O–H groups in total. The molecule has 2 heterocycles. The monoisotopic (exact) mass is 443 g/mol. The van der Waals surface area contributed by atoms with Crippen LogP contribution < -0.4 is 4.90 Å². The van der Waals surface area contributed by atoms with Crippen molar-refractivity contribution in [2.24, 2.45) is 0 Å². The van der Waals surface area contributed by atoms with Gasteiger partial charge in [0.2, 0.25) is 9.84 Å². The largest absolute Gasteiger partial charge is 0.367 e. The van der Waals surface area contributed by atoms with E-state index in [2.05, 4.69) is 20.9 Å². The van der Waals surface area contributed by atoms with Crippen molar-refractivity contribution in [3.05, 3.63) is 60.8 Å². The fourth-order valence-electron chi connectivity index (χ4n) is 4.34. The van der Waals surface area contributed by atoms with E-state index in [1.165, 1.54) is 25.5 Å². The highest BCUT2D eigenvalue weighted by Gasteiger charge is 2.28. The number of fused-ring (bicyclic) bond motifs is 1.